The number of anilines is 1. The van der Waals surface area contributed by atoms with E-state index in [1.807, 2.05) is 0 Å². The SMILES string of the molecule is Cc1c(Cl)cc(S(=O)(=O)Nc2ccc(C(=O)O)cc2)cc1[N+](=O)[O-]. The van der Waals surface area contributed by atoms with Crippen molar-refractivity contribution in [1.82, 2.24) is 0 Å². The van der Waals surface area contributed by atoms with Gasteiger partial charge in [-0.2, -0.15) is 0 Å². The van der Waals surface area contributed by atoms with E-state index in [0.717, 1.165) is 12.1 Å². The Hall–Kier alpha value is -2.65. The molecule has 2 rings (SSSR count). The standard InChI is InChI=1S/C14H11ClN2O6S/c1-8-12(15)6-11(7-13(8)17(20)21)24(22,23)16-10-4-2-9(3-5-10)14(18)19/h2-7,16H,1H3,(H,18,19). The molecule has 0 saturated carbocycles. The predicted molar refractivity (Wildman–Crippen MR) is 87.1 cm³/mol. The molecular weight excluding hydrogens is 360 g/mol. The summed E-state index contributed by atoms with van der Waals surface area (Å²) in [5.41, 5.74) is -0.151. The maximum Gasteiger partial charge on any atom is 0.335 e. The van der Waals surface area contributed by atoms with Crippen molar-refractivity contribution in [1.29, 1.82) is 0 Å². The molecule has 0 amide bonds. The minimum Gasteiger partial charge on any atom is -0.478 e. The molecule has 0 aromatic heterocycles. The second-order valence-corrected chi connectivity index (χ2v) is 6.88. The van der Waals surface area contributed by atoms with E-state index in [1.165, 1.54) is 31.2 Å². The molecule has 0 bridgehead atoms. The number of nitrogens with zero attached hydrogens (tertiary/aromatic N) is 1. The maximum atomic E-state index is 12.4. The molecule has 0 aliphatic heterocycles. The smallest absolute Gasteiger partial charge is 0.335 e. The number of aromatic carboxylic acids is 1. The molecule has 0 saturated heterocycles. The van der Waals surface area contributed by atoms with E-state index in [1.54, 1.807) is 0 Å². The normalized spacial score (nSPS) is 11.1. The summed E-state index contributed by atoms with van der Waals surface area (Å²) in [5.74, 6) is -1.15. The summed E-state index contributed by atoms with van der Waals surface area (Å²) in [5, 5.41) is 19.7. The third-order valence-corrected chi connectivity index (χ3v) is 4.93. The second kappa shape index (κ2) is 6.46. The summed E-state index contributed by atoms with van der Waals surface area (Å²) >= 11 is 5.87. The number of nitrogens with one attached hydrogen (secondary N) is 1. The fourth-order valence-electron chi connectivity index (χ4n) is 1.88. The van der Waals surface area contributed by atoms with Crippen LogP contribution in [0.4, 0.5) is 11.4 Å². The van der Waals surface area contributed by atoms with Gasteiger partial charge in [0.2, 0.25) is 0 Å². The minimum atomic E-state index is -4.13. The molecule has 0 aliphatic carbocycles. The highest BCUT2D eigenvalue weighted by Crippen LogP contribution is 2.30. The Morgan fingerprint density at radius 2 is 1.83 bits per heavy atom. The Kier molecular flexibility index (Phi) is 4.76. The number of carboxylic acid groups (broad SMARTS) is 1. The van der Waals surface area contributed by atoms with Crippen LogP contribution in [0.25, 0.3) is 0 Å². The number of rotatable bonds is 5. The van der Waals surface area contributed by atoms with Crippen LogP contribution in [0.5, 0.6) is 0 Å². The lowest BCUT2D eigenvalue weighted by Gasteiger charge is -2.10. The van der Waals surface area contributed by atoms with E-state index in [4.69, 9.17) is 16.7 Å². The first-order chi connectivity index (χ1) is 11.1. The van der Waals surface area contributed by atoms with Gasteiger partial charge in [-0.1, -0.05) is 11.6 Å². The van der Waals surface area contributed by atoms with Crippen molar-refractivity contribution in [3.63, 3.8) is 0 Å². The van der Waals surface area contributed by atoms with Crippen LogP contribution in [0.1, 0.15) is 15.9 Å². The van der Waals surface area contributed by atoms with Crippen molar-refractivity contribution in [2.45, 2.75) is 11.8 Å². The highest BCUT2D eigenvalue weighted by atomic mass is 35.5. The van der Waals surface area contributed by atoms with E-state index in [2.05, 4.69) is 4.72 Å². The van der Waals surface area contributed by atoms with Crippen LogP contribution in [-0.4, -0.2) is 24.4 Å². The first-order valence-corrected chi connectivity index (χ1v) is 8.28. The van der Waals surface area contributed by atoms with Crippen molar-refractivity contribution in [2.75, 3.05) is 4.72 Å². The van der Waals surface area contributed by atoms with Crippen molar-refractivity contribution < 1.29 is 23.2 Å². The number of hydrogen-bond acceptors (Lipinski definition) is 5. The molecule has 0 spiro atoms. The average Bonchev–Trinajstić information content (AvgIpc) is 2.49. The van der Waals surface area contributed by atoms with E-state index < -0.39 is 26.6 Å². The van der Waals surface area contributed by atoms with E-state index in [9.17, 15) is 23.3 Å². The Morgan fingerprint density at radius 1 is 1.25 bits per heavy atom. The van der Waals surface area contributed by atoms with Gasteiger partial charge in [-0.25, -0.2) is 13.2 Å². The fourth-order valence-corrected chi connectivity index (χ4v) is 3.26. The molecule has 10 heteroatoms. The van der Waals surface area contributed by atoms with Gasteiger partial charge in [0.05, 0.1) is 20.4 Å². The number of nitro groups is 1. The summed E-state index contributed by atoms with van der Waals surface area (Å²) in [7, 11) is -4.13. The first kappa shape index (κ1) is 17.7. The molecule has 2 aromatic carbocycles. The van der Waals surface area contributed by atoms with Gasteiger partial charge in [-0.3, -0.25) is 14.8 Å². The molecule has 24 heavy (non-hydrogen) atoms. The zero-order valence-electron chi connectivity index (χ0n) is 12.2. The highest BCUT2D eigenvalue weighted by molar-refractivity contribution is 7.92. The van der Waals surface area contributed by atoms with Crippen LogP contribution in [0.3, 0.4) is 0 Å². The van der Waals surface area contributed by atoms with Crippen LogP contribution in [0.15, 0.2) is 41.3 Å². The maximum absolute atomic E-state index is 12.4. The number of hydrogen-bond donors (Lipinski definition) is 2. The van der Waals surface area contributed by atoms with Crippen LogP contribution in [0.2, 0.25) is 5.02 Å². The molecule has 0 heterocycles. The summed E-state index contributed by atoms with van der Waals surface area (Å²) < 4.78 is 26.9. The van der Waals surface area contributed by atoms with Gasteiger partial charge in [0, 0.05) is 17.3 Å². The number of sulfonamides is 1. The second-order valence-electron chi connectivity index (χ2n) is 4.79. The van der Waals surface area contributed by atoms with Crippen LogP contribution >= 0.6 is 11.6 Å². The number of halogens is 1. The zero-order valence-corrected chi connectivity index (χ0v) is 13.8. The van der Waals surface area contributed by atoms with Gasteiger partial charge in [-0.15, -0.1) is 0 Å². The Balaban J connectivity index is 2.40. The van der Waals surface area contributed by atoms with Crippen LogP contribution in [-0.2, 0) is 10.0 Å². The molecule has 126 valence electrons. The molecule has 0 aliphatic rings. The van der Waals surface area contributed by atoms with E-state index >= 15 is 0 Å². The van der Waals surface area contributed by atoms with Crippen molar-refractivity contribution >= 4 is 39.0 Å². The Morgan fingerprint density at radius 3 is 2.33 bits per heavy atom. The fraction of sp³-hybridized carbons (Fsp3) is 0.0714. The Bertz CT molecular complexity index is 925. The third-order valence-electron chi connectivity index (χ3n) is 3.18. The predicted octanol–water partition coefficient (Wildman–Crippen LogP) is 3.06. The van der Waals surface area contributed by atoms with Gasteiger partial charge in [0.1, 0.15) is 0 Å². The number of carbonyl (C=O) groups is 1. The zero-order chi connectivity index (χ0) is 18.1. The average molecular weight is 371 g/mol. The molecule has 0 unspecified atom stereocenters. The molecule has 8 nitrogen and oxygen atoms in total. The molecule has 0 radical (unpaired) electrons. The number of nitro benzene ring substituents is 1. The molecule has 0 atom stereocenters. The highest BCUT2D eigenvalue weighted by Gasteiger charge is 2.22. The molecular formula is C14H11ClN2O6S. The lowest BCUT2D eigenvalue weighted by atomic mass is 10.2. The van der Waals surface area contributed by atoms with E-state index in [0.29, 0.717) is 0 Å². The van der Waals surface area contributed by atoms with Crippen molar-refractivity contribution in [3.05, 3.63) is 62.7 Å². The van der Waals surface area contributed by atoms with Crippen LogP contribution < -0.4 is 4.72 Å². The largest absolute Gasteiger partial charge is 0.478 e. The van der Waals surface area contributed by atoms with Gasteiger partial charge in [0.25, 0.3) is 15.7 Å². The van der Waals surface area contributed by atoms with Gasteiger partial charge >= 0.3 is 5.97 Å². The van der Waals surface area contributed by atoms with Gasteiger partial charge in [0.15, 0.2) is 0 Å². The van der Waals surface area contributed by atoms with Gasteiger partial charge < -0.3 is 5.11 Å². The Labute approximate surface area is 141 Å². The molecule has 2 aromatic rings. The lowest BCUT2D eigenvalue weighted by Crippen LogP contribution is -2.13. The molecule has 0 fully saturated rings. The van der Waals surface area contributed by atoms with E-state index in [-0.39, 0.29) is 26.7 Å². The summed E-state index contributed by atoms with van der Waals surface area (Å²) in [6.07, 6.45) is 0. The quantitative estimate of drug-likeness (QED) is 0.615. The third kappa shape index (κ3) is 3.63. The monoisotopic (exact) mass is 370 g/mol. The minimum absolute atomic E-state index is 0.00744. The first-order valence-electron chi connectivity index (χ1n) is 6.42. The number of carboxylic acids is 1. The topological polar surface area (TPSA) is 127 Å². The summed E-state index contributed by atoms with van der Waals surface area (Å²) in [4.78, 5) is 20.7. The summed E-state index contributed by atoms with van der Waals surface area (Å²) in [6, 6.07) is 7.01. The lowest BCUT2D eigenvalue weighted by molar-refractivity contribution is -0.385. The number of benzene rings is 2. The summed E-state index contributed by atoms with van der Waals surface area (Å²) in [6.45, 7) is 1.41. The van der Waals surface area contributed by atoms with Crippen molar-refractivity contribution in [2.24, 2.45) is 0 Å². The van der Waals surface area contributed by atoms with Crippen molar-refractivity contribution in [3.8, 4) is 0 Å². The molecule has 2 N–H and O–H groups in total. The van der Waals surface area contributed by atoms with Gasteiger partial charge in [-0.05, 0) is 37.3 Å². The van der Waals surface area contributed by atoms with Crippen LogP contribution in [0, 0.1) is 17.0 Å².